The van der Waals surface area contributed by atoms with E-state index in [1.807, 2.05) is 44.3 Å². The highest BCUT2D eigenvalue weighted by Crippen LogP contribution is 2.25. The molecule has 22 heavy (non-hydrogen) atoms. The van der Waals surface area contributed by atoms with Crippen molar-refractivity contribution in [1.82, 2.24) is 10.1 Å². The summed E-state index contributed by atoms with van der Waals surface area (Å²) >= 11 is 6.08. The Balaban J connectivity index is 1.66. The molecule has 0 unspecified atom stereocenters. The minimum atomic E-state index is 0.722. The van der Waals surface area contributed by atoms with Gasteiger partial charge in [-0.15, -0.1) is 0 Å². The van der Waals surface area contributed by atoms with Gasteiger partial charge in [-0.2, -0.15) is 0 Å². The van der Waals surface area contributed by atoms with E-state index >= 15 is 0 Å². The van der Waals surface area contributed by atoms with E-state index in [0.717, 1.165) is 52.5 Å². The quantitative estimate of drug-likeness (QED) is 0.702. The molecule has 0 aliphatic carbocycles. The molecule has 0 fully saturated rings. The lowest BCUT2D eigenvalue weighted by atomic mass is 10.1. The molecule has 0 spiro atoms. The van der Waals surface area contributed by atoms with Crippen molar-refractivity contribution in [3.63, 3.8) is 0 Å². The van der Waals surface area contributed by atoms with E-state index in [2.05, 4.69) is 15.5 Å². The molecule has 0 amide bonds. The number of aryl methyl sites for hydroxylation is 2. The van der Waals surface area contributed by atoms with Crippen LogP contribution in [-0.4, -0.2) is 16.7 Å². The largest absolute Gasteiger partial charge is 0.384 e. The maximum absolute atomic E-state index is 6.08. The molecule has 1 aromatic carbocycles. The fraction of sp³-hybridized carbons (Fsp3) is 0.294. The van der Waals surface area contributed by atoms with E-state index in [0.29, 0.717) is 0 Å². The minimum Gasteiger partial charge on any atom is -0.384 e. The van der Waals surface area contributed by atoms with E-state index < -0.39 is 0 Å². The number of fused-ring (bicyclic) bond motifs is 1. The third-order valence-corrected chi connectivity index (χ3v) is 4.04. The SMILES string of the molecule is Cc1noc(C)c1CCCNc1ccnc2ccc(Cl)cc12. The predicted molar refractivity (Wildman–Crippen MR) is 89.5 cm³/mol. The van der Waals surface area contributed by atoms with Gasteiger partial charge in [0.1, 0.15) is 5.76 Å². The number of nitrogens with one attached hydrogen (secondary N) is 1. The van der Waals surface area contributed by atoms with Gasteiger partial charge in [-0.3, -0.25) is 4.98 Å². The molecule has 0 atom stereocenters. The minimum absolute atomic E-state index is 0.722. The normalized spacial score (nSPS) is 11.0. The van der Waals surface area contributed by atoms with Gasteiger partial charge in [-0.1, -0.05) is 16.8 Å². The van der Waals surface area contributed by atoms with Gasteiger partial charge in [0.25, 0.3) is 0 Å². The Kier molecular flexibility index (Phi) is 4.29. The van der Waals surface area contributed by atoms with Crippen LogP contribution >= 0.6 is 11.6 Å². The molecule has 0 aliphatic rings. The summed E-state index contributed by atoms with van der Waals surface area (Å²) in [4.78, 5) is 4.36. The third-order valence-electron chi connectivity index (χ3n) is 3.80. The van der Waals surface area contributed by atoms with E-state index in [4.69, 9.17) is 16.1 Å². The lowest BCUT2D eigenvalue weighted by Gasteiger charge is -2.09. The van der Waals surface area contributed by atoms with Gasteiger partial charge in [0, 0.05) is 34.4 Å². The lowest BCUT2D eigenvalue weighted by Crippen LogP contribution is -2.04. The molecular weight excluding hydrogens is 298 g/mol. The summed E-state index contributed by atoms with van der Waals surface area (Å²) in [5.74, 6) is 0.915. The fourth-order valence-electron chi connectivity index (χ4n) is 2.62. The van der Waals surface area contributed by atoms with E-state index in [1.165, 1.54) is 5.56 Å². The zero-order chi connectivity index (χ0) is 15.5. The second kappa shape index (κ2) is 6.36. The fourth-order valence-corrected chi connectivity index (χ4v) is 2.79. The Bertz CT molecular complexity index is 778. The number of rotatable bonds is 5. The lowest BCUT2D eigenvalue weighted by molar-refractivity contribution is 0.392. The monoisotopic (exact) mass is 315 g/mol. The van der Waals surface area contributed by atoms with Crippen molar-refractivity contribution < 1.29 is 4.52 Å². The van der Waals surface area contributed by atoms with Crippen molar-refractivity contribution >= 4 is 28.2 Å². The summed E-state index contributed by atoms with van der Waals surface area (Å²) in [7, 11) is 0. The van der Waals surface area contributed by atoms with E-state index in [1.54, 1.807) is 0 Å². The molecule has 3 rings (SSSR count). The van der Waals surface area contributed by atoms with Crippen molar-refractivity contribution in [2.24, 2.45) is 0 Å². The first-order valence-corrected chi connectivity index (χ1v) is 7.73. The van der Waals surface area contributed by atoms with Crippen LogP contribution in [0.15, 0.2) is 35.0 Å². The Hall–Kier alpha value is -2.07. The molecule has 0 bridgehead atoms. The molecule has 114 valence electrons. The molecular formula is C17H18ClN3O. The van der Waals surface area contributed by atoms with Gasteiger partial charge in [0.05, 0.1) is 11.2 Å². The van der Waals surface area contributed by atoms with Crippen molar-refractivity contribution in [2.75, 3.05) is 11.9 Å². The standard InChI is InChI=1S/C17H18ClN3O/c1-11-14(12(2)22-21-11)4-3-8-19-17-7-9-20-16-6-5-13(18)10-15(16)17/h5-7,9-10H,3-4,8H2,1-2H3,(H,19,20). The highest BCUT2D eigenvalue weighted by atomic mass is 35.5. The molecule has 4 nitrogen and oxygen atoms in total. The van der Waals surface area contributed by atoms with Crippen molar-refractivity contribution in [3.8, 4) is 0 Å². The molecule has 0 aliphatic heterocycles. The van der Waals surface area contributed by atoms with Crippen LogP contribution in [0.25, 0.3) is 10.9 Å². The van der Waals surface area contributed by atoms with Crippen LogP contribution in [0, 0.1) is 13.8 Å². The molecule has 0 saturated heterocycles. The molecule has 0 radical (unpaired) electrons. The molecule has 3 aromatic rings. The number of hydrogen-bond acceptors (Lipinski definition) is 4. The Labute approximate surface area is 134 Å². The number of nitrogens with zero attached hydrogens (tertiary/aromatic N) is 2. The van der Waals surface area contributed by atoms with E-state index in [9.17, 15) is 0 Å². The van der Waals surface area contributed by atoms with Crippen molar-refractivity contribution in [1.29, 1.82) is 0 Å². The maximum atomic E-state index is 6.08. The molecule has 5 heteroatoms. The smallest absolute Gasteiger partial charge is 0.137 e. The summed E-state index contributed by atoms with van der Waals surface area (Å²) in [5.41, 5.74) is 4.20. The maximum Gasteiger partial charge on any atom is 0.137 e. The number of aromatic nitrogens is 2. The predicted octanol–water partition coefficient (Wildman–Crippen LogP) is 4.54. The van der Waals surface area contributed by atoms with Crippen LogP contribution in [0.5, 0.6) is 0 Å². The van der Waals surface area contributed by atoms with Crippen molar-refractivity contribution in [2.45, 2.75) is 26.7 Å². The van der Waals surface area contributed by atoms with Crippen LogP contribution in [0.2, 0.25) is 5.02 Å². The highest BCUT2D eigenvalue weighted by molar-refractivity contribution is 6.31. The zero-order valence-electron chi connectivity index (χ0n) is 12.7. The highest BCUT2D eigenvalue weighted by Gasteiger charge is 2.08. The van der Waals surface area contributed by atoms with Gasteiger partial charge in [-0.25, -0.2) is 0 Å². The number of anilines is 1. The first-order valence-electron chi connectivity index (χ1n) is 7.35. The third kappa shape index (κ3) is 3.07. The van der Waals surface area contributed by atoms with Crippen LogP contribution < -0.4 is 5.32 Å². The van der Waals surface area contributed by atoms with Crippen LogP contribution in [0.4, 0.5) is 5.69 Å². The molecule has 2 aromatic heterocycles. The van der Waals surface area contributed by atoms with Gasteiger partial charge < -0.3 is 9.84 Å². The van der Waals surface area contributed by atoms with Crippen molar-refractivity contribution in [3.05, 3.63) is 52.5 Å². The number of benzene rings is 1. The number of pyridine rings is 1. The average Bonchev–Trinajstić information content (AvgIpc) is 2.83. The molecule has 0 saturated carbocycles. The Morgan fingerprint density at radius 3 is 2.86 bits per heavy atom. The first-order chi connectivity index (χ1) is 10.6. The van der Waals surface area contributed by atoms with Gasteiger partial charge in [0.15, 0.2) is 0 Å². The number of hydrogen-bond donors (Lipinski definition) is 1. The molecule has 1 N–H and O–H groups in total. The summed E-state index contributed by atoms with van der Waals surface area (Å²) in [6.07, 6.45) is 3.78. The zero-order valence-corrected chi connectivity index (χ0v) is 13.4. The Morgan fingerprint density at radius 1 is 1.23 bits per heavy atom. The second-order valence-corrected chi connectivity index (χ2v) is 5.79. The van der Waals surface area contributed by atoms with E-state index in [-0.39, 0.29) is 0 Å². The van der Waals surface area contributed by atoms with Gasteiger partial charge >= 0.3 is 0 Å². The molecule has 2 heterocycles. The summed E-state index contributed by atoms with van der Waals surface area (Å²) in [6.45, 7) is 4.81. The topological polar surface area (TPSA) is 51.0 Å². The summed E-state index contributed by atoms with van der Waals surface area (Å²) < 4.78 is 5.19. The van der Waals surface area contributed by atoms with Crippen LogP contribution in [0.3, 0.4) is 0 Å². The average molecular weight is 316 g/mol. The first kappa shape index (κ1) is 14.9. The van der Waals surface area contributed by atoms with Gasteiger partial charge in [0.2, 0.25) is 0 Å². The van der Waals surface area contributed by atoms with Crippen LogP contribution in [0.1, 0.15) is 23.4 Å². The summed E-state index contributed by atoms with van der Waals surface area (Å²) in [5, 5.41) is 9.22. The summed E-state index contributed by atoms with van der Waals surface area (Å²) in [6, 6.07) is 7.72. The number of halogens is 1. The van der Waals surface area contributed by atoms with Gasteiger partial charge in [-0.05, 0) is 51.0 Å². The second-order valence-electron chi connectivity index (χ2n) is 5.35. The van der Waals surface area contributed by atoms with Crippen LogP contribution in [-0.2, 0) is 6.42 Å². The Morgan fingerprint density at radius 2 is 2.09 bits per heavy atom.